The molecule has 0 aromatic heterocycles. The van der Waals surface area contributed by atoms with Crippen LogP contribution in [-0.4, -0.2) is 31.7 Å². The third-order valence-electron chi connectivity index (χ3n) is 3.56. The molecular formula is C14H28N+. The van der Waals surface area contributed by atoms with Crippen molar-refractivity contribution >= 4 is 0 Å². The molecule has 1 saturated heterocycles. The average molecular weight is 210 g/mol. The second kappa shape index (κ2) is 5.56. The molecule has 0 N–H and O–H groups in total. The Hall–Kier alpha value is -0.480. The van der Waals surface area contributed by atoms with Crippen LogP contribution in [-0.2, 0) is 0 Å². The number of nitrogens with zero attached hydrogens (tertiary/aromatic N) is 1. The van der Waals surface area contributed by atoms with Gasteiger partial charge < -0.3 is 4.48 Å². The van der Waals surface area contributed by atoms with Crippen LogP contribution >= 0.6 is 0 Å². The van der Waals surface area contributed by atoms with Crippen molar-refractivity contribution in [2.45, 2.75) is 40.5 Å². The van der Waals surface area contributed by atoms with Crippen LogP contribution in [0, 0.1) is 23.7 Å². The molecule has 0 aromatic carbocycles. The topological polar surface area (TPSA) is 0 Å². The molecule has 0 aromatic rings. The quantitative estimate of drug-likeness (QED) is 0.461. The predicted octanol–water partition coefficient (Wildman–Crippen LogP) is 3.16. The van der Waals surface area contributed by atoms with Gasteiger partial charge >= 0.3 is 0 Å². The third kappa shape index (κ3) is 4.26. The van der Waals surface area contributed by atoms with Crippen LogP contribution in [0.5, 0.6) is 0 Å². The summed E-state index contributed by atoms with van der Waals surface area (Å²) in [6.45, 7) is 10.9. The molecule has 15 heavy (non-hydrogen) atoms. The highest BCUT2D eigenvalue weighted by Crippen LogP contribution is 2.35. The maximum absolute atomic E-state index is 5.55. The number of terminal acetylenes is 1. The average Bonchev–Trinajstić information content (AvgIpc) is 2.20. The molecule has 1 aliphatic heterocycles. The first kappa shape index (κ1) is 14.5. The lowest BCUT2D eigenvalue weighted by Crippen LogP contribution is -2.48. The molecule has 0 saturated carbocycles. The number of hydrogen-bond acceptors (Lipinski definition) is 0. The van der Waals surface area contributed by atoms with E-state index >= 15 is 0 Å². The van der Waals surface area contributed by atoms with Crippen molar-refractivity contribution in [1.82, 2.24) is 0 Å². The van der Waals surface area contributed by atoms with E-state index in [9.17, 15) is 0 Å². The fourth-order valence-electron chi connectivity index (χ4n) is 2.11. The Kier molecular flexibility index (Phi) is 5.38. The zero-order valence-electron chi connectivity index (χ0n) is 11.4. The number of piperidine rings is 1. The lowest BCUT2D eigenvalue weighted by atomic mass is 9.74. The Morgan fingerprint density at radius 2 is 1.53 bits per heavy atom. The molecule has 0 atom stereocenters. The molecular weight excluding hydrogens is 182 g/mol. The van der Waals surface area contributed by atoms with Gasteiger partial charge in [-0.15, -0.1) is 12.3 Å². The van der Waals surface area contributed by atoms with Crippen LogP contribution in [0.2, 0.25) is 0 Å². The van der Waals surface area contributed by atoms with Crippen molar-refractivity contribution in [3.8, 4) is 12.3 Å². The van der Waals surface area contributed by atoms with Gasteiger partial charge in [-0.25, -0.2) is 0 Å². The molecule has 1 heteroatoms. The fraction of sp³-hybridized carbons (Fsp3) is 0.857. The number of likely N-dealkylation sites (tertiary alicyclic amines) is 1. The van der Waals surface area contributed by atoms with Crippen molar-refractivity contribution in [3.63, 3.8) is 0 Å². The largest absolute Gasteiger partial charge is 0.328 e. The lowest BCUT2D eigenvalue weighted by Gasteiger charge is -2.41. The maximum Gasteiger partial charge on any atom is 0.0785 e. The highest BCUT2D eigenvalue weighted by atomic mass is 15.3. The normalized spacial score (nSPS) is 21.1. The maximum atomic E-state index is 5.55. The summed E-state index contributed by atoms with van der Waals surface area (Å²) in [6.07, 6.45) is 8.11. The van der Waals surface area contributed by atoms with Gasteiger partial charge in [0.15, 0.2) is 0 Å². The summed E-state index contributed by atoms with van der Waals surface area (Å²) in [4.78, 5) is 0. The molecule has 88 valence electrons. The standard InChI is InChI=1S/C12H22N.C2H6/c1-6-12(2,3)11-7-9-13(4,5)10-8-11;1-2/h1,11H,7-10H2,2-5H3;1-2H3/q+1;. The van der Waals surface area contributed by atoms with E-state index in [2.05, 4.69) is 33.9 Å². The van der Waals surface area contributed by atoms with Gasteiger partial charge in [-0.3, -0.25) is 0 Å². The van der Waals surface area contributed by atoms with E-state index in [-0.39, 0.29) is 5.41 Å². The van der Waals surface area contributed by atoms with E-state index in [0.29, 0.717) is 0 Å². The van der Waals surface area contributed by atoms with E-state index < -0.39 is 0 Å². The smallest absolute Gasteiger partial charge is 0.0785 e. The molecule has 1 heterocycles. The van der Waals surface area contributed by atoms with Crippen molar-refractivity contribution < 1.29 is 4.48 Å². The van der Waals surface area contributed by atoms with Crippen LogP contribution in [0.15, 0.2) is 0 Å². The van der Waals surface area contributed by atoms with E-state index in [0.717, 1.165) is 10.4 Å². The minimum atomic E-state index is 0.0976. The summed E-state index contributed by atoms with van der Waals surface area (Å²) < 4.78 is 1.16. The van der Waals surface area contributed by atoms with Crippen LogP contribution in [0.1, 0.15) is 40.5 Å². The molecule has 1 aliphatic rings. The van der Waals surface area contributed by atoms with Gasteiger partial charge in [0.25, 0.3) is 0 Å². The first-order chi connectivity index (χ1) is 6.87. The van der Waals surface area contributed by atoms with E-state index in [1.807, 2.05) is 13.8 Å². The van der Waals surface area contributed by atoms with E-state index in [4.69, 9.17) is 6.42 Å². The molecule has 0 bridgehead atoms. The second-order valence-corrected chi connectivity index (χ2v) is 5.52. The van der Waals surface area contributed by atoms with Gasteiger partial charge in [0, 0.05) is 18.3 Å². The van der Waals surface area contributed by atoms with Gasteiger partial charge in [-0.2, -0.15) is 0 Å². The van der Waals surface area contributed by atoms with Gasteiger partial charge in [0.2, 0.25) is 0 Å². The molecule has 1 nitrogen and oxygen atoms in total. The zero-order valence-corrected chi connectivity index (χ0v) is 11.4. The number of rotatable bonds is 1. The van der Waals surface area contributed by atoms with Crippen molar-refractivity contribution in [3.05, 3.63) is 0 Å². The summed E-state index contributed by atoms with van der Waals surface area (Å²) in [5.74, 6) is 3.66. The molecule has 0 spiro atoms. The van der Waals surface area contributed by atoms with E-state index in [1.165, 1.54) is 25.9 Å². The monoisotopic (exact) mass is 210 g/mol. The van der Waals surface area contributed by atoms with Crippen molar-refractivity contribution in [2.24, 2.45) is 11.3 Å². The highest BCUT2D eigenvalue weighted by Gasteiger charge is 2.34. The van der Waals surface area contributed by atoms with Crippen molar-refractivity contribution in [2.75, 3.05) is 27.2 Å². The molecule has 0 radical (unpaired) electrons. The highest BCUT2D eigenvalue weighted by molar-refractivity contribution is 5.04. The van der Waals surface area contributed by atoms with Gasteiger partial charge in [0.1, 0.15) is 0 Å². The van der Waals surface area contributed by atoms with Gasteiger partial charge in [-0.05, 0) is 19.8 Å². The predicted molar refractivity (Wildman–Crippen MR) is 68.5 cm³/mol. The third-order valence-corrected chi connectivity index (χ3v) is 3.56. The van der Waals surface area contributed by atoms with Crippen LogP contribution in [0.4, 0.5) is 0 Å². The van der Waals surface area contributed by atoms with Gasteiger partial charge in [0.05, 0.1) is 27.2 Å². The Labute approximate surface area is 96.5 Å². The Balaban J connectivity index is 0.000000921. The second-order valence-electron chi connectivity index (χ2n) is 5.52. The molecule has 1 fully saturated rings. The first-order valence-corrected chi connectivity index (χ1v) is 6.17. The molecule has 0 amide bonds. The Morgan fingerprint density at radius 3 is 1.87 bits per heavy atom. The zero-order chi connectivity index (χ0) is 12.1. The van der Waals surface area contributed by atoms with Crippen LogP contribution in [0.25, 0.3) is 0 Å². The molecule has 0 aliphatic carbocycles. The van der Waals surface area contributed by atoms with Crippen LogP contribution < -0.4 is 0 Å². The Morgan fingerprint density at radius 1 is 1.13 bits per heavy atom. The number of hydrogen-bond donors (Lipinski definition) is 0. The lowest BCUT2D eigenvalue weighted by molar-refractivity contribution is -0.896. The summed E-state index contributed by atoms with van der Waals surface area (Å²) >= 11 is 0. The first-order valence-electron chi connectivity index (χ1n) is 6.17. The minimum Gasteiger partial charge on any atom is -0.328 e. The molecule has 0 unspecified atom stereocenters. The summed E-state index contributed by atoms with van der Waals surface area (Å²) in [5.41, 5.74) is 0.0976. The van der Waals surface area contributed by atoms with Gasteiger partial charge in [-0.1, -0.05) is 13.8 Å². The fourth-order valence-corrected chi connectivity index (χ4v) is 2.11. The SMILES string of the molecule is C#CC(C)(C)C1CC[N+](C)(C)CC1.CC. The molecule has 1 rings (SSSR count). The summed E-state index contributed by atoms with van der Waals surface area (Å²) in [7, 11) is 4.61. The minimum absolute atomic E-state index is 0.0976. The summed E-state index contributed by atoms with van der Waals surface area (Å²) in [5, 5.41) is 0. The van der Waals surface area contributed by atoms with Crippen molar-refractivity contribution in [1.29, 1.82) is 0 Å². The number of quaternary nitrogens is 1. The summed E-state index contributed by atoms with van der Waals surface area (Å²) in [6, 6.07) is 0. The van der Waals surface area contributed by atoms with E-state index in [1.54, 1.807) is 0 Å². The Bertz CT molecular complexity index is 210. The van der Waals surface area contributed by atoms with Crippen LogP contribution in [0.3, 0.4) is 0 Å².